The lowest BCUT2D eigenvalue weighted by Crippen LogP contribution is -2.38. The SMILES string of the molecule is CCCCCCCCCC1(CNC(C)C)CCOC1. The zero-order valence-corrected chi connectivity index (χ0v) is 13.5. The number of hydrogen-bond acceptors (Lipinski definition) is 2. The molecular weight excluding hydrogens is 234 g/mol. The summed E-state index contributed by atoms with van der Waals surface area (Å²) in [5, 5.41) is 3.62. The second-order valence-electron chi connectivity index (χ2n) is 6.71. The molecule has 114 valence electrons. The Bertz CT molecular complexity index is 209. The fourth-order valence-electron chi connectivity index (χ4n) is 2.95. The van der Waals surface area contributed by atoms with Crippen LogP contribution < -0.4 is 5.32 Å². The summed E-state index contributed by atoms with van der Waals surface area (Å²) in [5.41, 5.74) is 0.438. The monoisotopic (exact) mass is 269 g/mol. The van der Waals surface area contributed by atoms with Crippen LogP contribution in [0.15, 0.2) is 0 Å². The minimum Gasteiger partial charge on any atom is -0.381 e. The lowest BCUT2D eigenvalue weighted by atomic mass is 9.81. The third-order valence-electron chi connectivity index (χ3n) is 4.38. The van der Waals surface area contributed by atoms with E-state index in [2.05, 4.69) is 26.1 Å². The van der Waals surface area contributed by atoms with Gasteiger partial charge in [-0.3, -0.25) is 0 Å². The summed E-state index contributed by atoms with van der Waals surface area (Å²) in [6.07, 6.45) is 12.4. The molecule has 2 heteroatoms. The average molecular weight is 269 g/mol. The second kappa shape index (κ2) is 9.77. The first-order valence-corrected chi connectivity index (χ1v) is 8.50. The van der Waals surface area contributed by atoms with E-state index < -0.39 is 0 Å². The Morgan fingerprint density at radius 1 is 1.05 bits per heavy atom. The molecule has 1 aliphatic heterocycles. The largest absolute Gasteiger partial charge is 0.381 e. The highest BCUT2D eigenvalue weighted by Gasteiger charge is 2.33. The number of hydrogen-bond donors (Lipinski definition) is 1. The van der Waals surface area contributed by atoms with E-state index >= 15 is 0 Å². The summed E-state index contributed by atoms with van der Waals surface area (Å²) >= 11 is 0. The molecular formula is C17H35NO. The highest BCUT2D eigenvalue weighted by Crippen LogP contribution is 2.34. The quantitative estimate of drug-likeness (QED) is 0.556. The maximum absolute atomic E-state index is 5.66. The first kappa shape index (κ1) is 17.0. The lowest BCUT2D eigenvalue weighted by Gasteiger charge is -2.29. The van der Waals surface area contributed by atoms with Gasteiger partial charge in [-0.2, -0.15) is 0 Å². The summed E-state index contributed by atoms with van der Waals surface area (Å²) in [6, 6.07) is 0.589. The Balaban J connectivity index is 2.12. The minimum atomic E-state index is 0.438. The maximum atomic E-state index is 5.66. The molecule has 1 unspecified atom stereocenters. The minimum absolute atomic E-state index is 0.438. The summed E-state index contributed by atoms with van der Waals surface area (Å²) in [4.78, 5) is 0. The molecule has 0 aromatic rings. The average Bonchev–Trinajstić information content (AvgIpc) is 2.85. The summed E-state index contributed by atoms with van der Waals surface area (Å²) < 4.78 is 5.66. The van der Waals surface area contributed by atoms with Crippen molar-refractivity contribution < 1.29 is 4.74 Å². The molecule has 0 amide bonds. The van der Waals surface area contributed by atoms with Crippen molar-refractivity contribution in [1.82, 2.24) is 5.32 Å². The van der Waals surface area contributed by atoms with Crippen molar-refractivity contribution >= 4 is 0 Å². The summed E-state index contributed by atoms with van der Waals surface area (Å²) in [7, 11) is 0. The van der Waals surface area contributed by atoms with Crippen molar-refractivity contribution in [3.05, 3.63) is 0 Å². The van der Waals surface area contributed by atoms with Crippen LogP contribution in [-0.4, -0.2) is 25.8 Å². The molecule has 1 atom stereocenters. The van der Waals surface area contributed by atoms with Gasteiger partial charge < -0.3 is 10.1 Å². The van der Waals surface area contributed by atoms with E-state index in [1.807, 2.05) is 0 Å². The molecule has 1 rings (SSSR count). The van der Waals surface area contributed by atoms with Crippen LogP contribution in [0.3, 0.4) is 0 Å². The summed E-state index contributed by atoms with van der Waals surface area (Å²) in [6.45, 7) is 9.83. The molecule has 2 nitrogen and oxygen atoms in total. The molecule has 0 radical (unpaired) electrons. The molecule has 0 aromatic carbocycles. The van der Waals surface area contributed by atoms with Gasteiger partial charge in [-0.15, -0.1) is 0 Å². The molecule has 0 saturated carbocycles. The van der Waals surface area contributed by atoms with Gasteiger partial charge in [-0.25, -0.2) is 0 Å². The Morgan fingerprint density at radius 2 is 1.74 bits per heavy atom. The van der Waals surface area contributed by atoms with Crippen LogP contribution in [0.1, 0.15) is 78.6 Å². The Labute approximate surface area is 120 Å². The van der Waals surface area contributed by atoms with Gasteiger partial charge in [-0.1, -0.05) is 65.7 Å². The van der Waals surface area contributed by atoms with Gasteiger partial charge in [0.25, 0.3) is 0 Å². The van der Waals surface area contributed by atoms with Crippen LogP contribution in [-0.2, 0) is 4.74 Å². The highest BCUT2D eigenvalue weighted by molar-refractivity contribution is 4.85. The molecule has 1 fully saturated rings. The summed E-state index contributed by atoms with van der Waals surface area (Å²) in [5.74, 6) is 0. The highest BCUT2D eigenvalue weighted by atomic mass is 16.5. The number of ether oxygens (including phenoxy) is 1. The molecule has 0 aliphatic carbocycles. The van der Waals surface area contributed by atoms with E-state index in [-0.39, 0.29) is 0 Å². The van der Waals surface area contributed by atoms with Gasteiger partial charge in [0.15, 0.2) is 0 Å². The standard InChI is InChI=1S/C17H35NO/c1-4-5-6-7-8-9-10-11-17(12-13-19-15-17)14-18-16(2)3/h16,18H,4-15H2,1-3H3. The van der Waals surface area contributed by atoms with Gasteiger partial charge in [0.05, 0.1) is 6.61 Å². The van der Waals surface area contributed by atoms with Gasteiger partial charge >= 0.3 is 0 Å². The van der Waals surface area contributed by atoms with E-state index in [1.54, 1.807) is 0 Å². The number of rotatable bonds is 11. The molecule has 19 heavy (non-hydrogen) atoms. The predicted molar refractivity (Wildman–Crippen MR) is 83.6 cm³/mol. The fraction of sp³-hybridized carbons (Fsp3) is 1.00. The van der Waals surface area contributed by atoms with E-state index in [1.165, 1.54) is 57.8 Å². The van der Waals surface area contributed by atoms with Crippen LogP contribution >= 0.6 is 0 Å². The second-order valence-corrected chi connectivity index (χ2v) is 6.71. The molecule has 1 saturated heterocycles. The van der Waals surface area contributed by atoms with Crippen molar-refractivity contribution in [3.8, 4) is 0 Å². The van der Waals surface area contributed by atoms with Gasteiger partial charge in [-0.05, 0) is 12.8 Å². The normalized spacial score (nSPS) is 23.4. The van der Waals surface area contributed by atoms with Crippen molar-refractivity contribution in [2.75, 3.05) is 19.8 Å². The zero-order chi connectivity index (χ0) is 14.0. The predicted octanol–water partition coefficient (Wildman–Crippen LogP) is 4.53. The van der Waals surface area contributed by atoms with E-state index in [9.17, 15) is 0 Å². The van der Waals surface area contributed by atoms with Crippen LogP contribution in [0.25, 0.3) is 0 Å². The zero-order valence-electron chi connectivity index (χ0n) is 13.5. The maximum Gasteiger partial charge on any atom is 0.0535 e. The Morgan fingerprint density at radius 3 is 2.32 bits per heavy atom. The van der Waals surface area contributed by atoms with Gasteiger partial charge in [0.1, 0.15) is 0 Å². The molecule has 0 bridgehead atoms. The van der Waals surface area contributed by atoms with Crippen LogP contribution in [0.4, 0.5) is 0 Å². The van der Waals surface area contributed by atoms with Crippen molar-refractivity contribution in [2.45, 2.75) is 84.6 Å². The number of unbranched alkanes of at least 4 members (excludes halogenated alkanes) is 6. The molecule has 0 spiro atoms. The van der Waals surface area contributed by atoms with Crippen LogP contribution in [0, 0.1) is 5.41 Å². The van der Waals surface area contributed by atoms with Gasteiger partial charge in [0, 0.05) is 24.6 Å². The van der Waals surface area contributed by atoms with E-state index in [0.717, 1.165) is 19.8 Å². The number of nitrogens with one attached hydrogen (secondary N) is 1. The Kier molecular flexibility index (Phi) is 8.72. The smallest absolute Gasteiger partial charge is 0.0535 e. The van der Waals surface area contributed by atoms with Crippen molar-refractivity contribution in [1.29, 1.82) is 0 Å². The van der Waals surface area contributed by atoms with Crippen molar-refractivity contribution in [3.63, 3.8) is 0 Å². The first-order chi connectivity index (χ1) is 9.18. The van der Waals surface area contributed by atoms with Crippen LogP contribution in [0.2, 0.25) is 0 Å². The van der Waals surface area contributed by atoms with Crippen molar-refractivity contribution in [2.24, 2.45) is 5.41 Å². The first-order valence-electron chi connectivity index (χ1n) is 8.50. The third-order valence-corrected chi connectivity index (χ3v) is 4.38. The Hall–Kier alpha value is -0.0800. The van der Waals surface area contributed by atoms with Gasteiger partial charge in [0.2, 0.25) is 0 Å². The van der Waals surface area contributed by atoms with E-state index in [4.69, 9.17) is 4.74 Å². The molecule has 1 aliphatic rings. The van der Waals surface area contributed by atoms with E-state index in [0.29, 0.717) is 11.5 Å². The molecule has 1 heterocycles. The molecule has 1 N–H and O–H groups in total. The topological polar surface area (TPSA) is 21.3 Å². The fourth-order valence-corrected chi connectivity index (χ4v) is 2.95. The third kappa shape index (κ3) is 7.31. The lowest BCUT2D eigenvalue weighted by molar-refractivity contribution is 0.140. The van der Waals surface area contributed by atoms with Crippen LogP contribution in [0.5, 0.6) is 0 Å². The molecule has 0 aromatic heterocycles.